The van der Waals surface area contributed by atoms with Gasteiger partial charge in [0, 0.05) is 26.7 Å². The molecule has 0 spiro atoms. The fourth-order valence-corrected chi connectivity index (χ4v) is 6.26. The Morgan fingerprint density at radius 1 is 1.03 bits per heavy atom. The second-order valence-electron chi connectivity index (χ2n) is 8.81. The van der Waals surface area contributed by atoms with Crippen molar-refractivity contribution in [3.63, 3.8) is 0 Å². The van der Waals surface area contributed by atoms with Crippen LogP contribution in [-0.4, -0.2) is 87.9 Å². The zero-order chi connectivity index (χ0) is 27.7. The third-order valence-electron chi connectivity index (χ3n) is 6.64. The molecule has 1 aliphatic heterocycles. The highest BCUT2D eigenvalue weighted by Crippen LogP contribution is 2.30. The van der Waals surface area contributed by atoms with E-state index in [1.807, 2.05) is 24.3 Å². The molecule has 1 fully saturated rings. The van der Waals surface area contributed by atoms with E-state index in [1.54, 1.807) is 31.6 Å². The van der Waals surface area contributed by atoms with Crippen LogP contribution in [0.25, 0.3) is 11.1 Å². The van der Waals surface area contributed by atoms with Crippen LogP contribution >= 0.6 is 0 Å². The first kappa shape index (κ1) is 29.4. The Kier molecular flexibility index (Phi) is 10.5. The van der Waals surface area contributed by atoms with Gasteiger partial charge in [-0.15, -0.1) is 0 Å². The second kappa shape index (κ2) is 13.6. The molecule has 0 saturated carbocycles. The van der Waals surface area contributed by atoms with Gasteiger partial charge in [-0.1, -0.05) is 31.2 Å². The summed E-state index contributed by atoms with van der Waals surface area (Å²) in [6.45, 7) is 2.65. The largest absolute Gasteiger partial charge is 0.497 e. The molecule has 1 unspecified atom stereocenters. The van der Waals surface area contributed by atoms with Crippen molar-refractivity contribution in [1.82, 2.24) is 14.7 Å². The molecule has 1 saturated heterocycles. The summed E-state index contributed by atoms with van der Waals surface area (Å²) in [5.74, 6) is -0.515. The molecule has 3 rings (SSSR count). The summed E-state index contributed by atoms with van der Waals surface area (Å²) in [7, 11) is -0.995. The van der Waals surface area contributed by atoms with Gasteiger partial charge in [0.15, 0.2) is 0 Å². The molecule has 2 aromatic rings. The standard InChI is InChI=1S/C26H35N3O8S/c1-4-29(24(25(30)27-32)21-13-15-28(16-14-21)26(31)37-18-17-35-2)38(33,34)23-11-7-20(8-12-23)19-5-9-22(36-3)10-6-19/h5-12,21,24,32H,4,13-18H2,1-3H3,(H,27,30). The molecule has 0 radical (unpaired) electrons. The number of ether oxygens (including phenoxy) is 3. The van der Waals surface area contributed by atoms with E-state index < -0.39 is 34.0 Å². The minimum absolute atomic E-state index is 0.0138. The Hall–Kier alpha value is -3.19. The maximum Gasteiger partial charge on any atom is 0.409 e. The van der Waals surface area contributed by atoms with E-state index in [-0.39, 0.29) is 24.7 Å². The summed E-state index contributed by atoms with van der Waals surface area (Å²) < 4.78 is 43.7. The number of likely N-dealkylation sites (N-methyl/N-ethyl adjacent to an activating group) is 1. The summed E-state index contributed by atoms with van der Waals surface area (Å²) in [6.07, 6.45) is 0.236. The molecular weight excluding hydrogens is 514 g/mol. The molecule has 0 aliphatic carbocycles. The van der Waals surface area contributed by atoms with Gasteiger partial charge in [0.25, 0.3) is 5.91 Å². The van der Waals surface area contributed by atoms with E-state index in [0.717, 1.165) is 15.4 Å². The van der Waals surface area contributed by atoms with E-state index >= 15 is 0 Å². The molecule has 2 amide bonds. The number of sulfonamides is 1. The summed E-state index contributed by atoms with van der Waals surface area (Å²) in [6, 6.07) is 12.7. The van der Waals surface area contributed by atoms with Crippen molar-refractivity contribution >= 4 is 22.0 Å². The molecule has 1 aliphatic rings. The Labute approximate surface area is 223 Å². The lowest BCUT2D eigenvalue weighted by Gasteiger charge is -2.38. The third-order valence-corrected chi connectivity index (χ3v) is 8.61. The lowest BCUT2D eigenvalue weighted by atomic mass is 9.89. The van der Waals surface area contributed by atoms with Crippen LogP contribution in [0.15, 0.2) is 53.4 Å². The van der Waals surface area contributed by atoms with Crippen molar-refractivity contribution in [2.24, 2.45) is 5.92 Å². The summed E-state index contributed by atoms with van der Waals surface area (Å²) in [5.41, 5.74) is 3.35. The van der Waals surface area contributed by atoms with Crippen LogP contribution in [0, 0.1) is 5.92 Å². The lowest BCUT2D eigenvalue weighted by molar-refractivity contribution is -0.135. The van der Waals surface area contributed by atoms with Gasteiger partial charge in [0.05, 0.1) is 18.6 Å². The smallest absolute Gasteiger partial charge is 0.409 e. The first-order valence-corrected chi connectivity index (χ1v) is 13.8. The number of methoxy groups -OCH3 is 2. The molecule has 1 atom stereocenters. The fraction of sp³-hybridized carbons (Fsp3) is 0.462. The average Bonchev–Trinajstić information content (AvgIpc) is 2.95. The molecule has 1 heterocycles. The Morgan fingerprint density at radius 3 is 2.11 bits per heavy atom. The average molecular weight is 550 g/mol. The molecular formula is C26H35N3O8S. The van der Waals surface area contributed by atoms with Gasteiger partial charge in [-0.05, 0) is 54.2 Å². The number of carbonyl (C=O) groups is 2. The number of piperidine rings is 1. The lowest BCUT2D eigenvalue weighted by Crippen LogP contribution is -2.55. The van der Waals surface area contributed by atoms with Crippen molar-refractivity contribution in [3.05, 3.63) is 48.5 Å². The van der Waals surface area contributed by atoms with Crippen LogP contribution < -0.4 is 10.2 Å². The van der Waals surface area contributed by atoms with Crippen LogP contribution in [-0.2, 0) is 24.3 Å². The SMILES string of the molecule is CCN(C(C(=O)NO)C1CCN(C(=O)OCCOC)CC1)S(=O)(=O)c1ccc(-c2ccc(OC)cc2)cc1. The fourth-order valence-electron chi connectivity index (χ4n) is 4.60. The summed E-state index contributed by atoms with van der Waals surface area (Å²) >= 11 is 0. The maximum atomic E-state index is 13.7. The predicted molar refractivity (Wildman–Crippen MR) is 139 cm³/mol. The summed E-state index contributed by atoms with van der Waals surface area (Å²) in [5, 5.41) is 9.45. The van der Waals surface area contributed by atoms with E-state index in [0.29, 0.717) is 31.7 Å². The zero-order valence-electron chi connectivity index (χ0n) is 21.8. The van der Waals surface area contributed by atoms with E-state index in [2.05, 4.69) is 0 Å². The molecule has 2 N–H and O–H groups in total. The molecule has 38 heavy (non-hydrogen) atoms. The minimum atomic E-state index is -4.09. The maximum absolute atomic E-state index is 13.7. The normalized spacial score (nSPS) is 15.2. The van der Waals surface area contributed by atoms with Crippen LogP contribution in [0.4, 0.5) is 4.79 Å². The number of amides is 2. The number of rotatable bonds is 11. The Balaban J connectivity index is 1.78. The quantitative estimate of drug-likeness (QED) is 0.248. The molecule has 12 heteroatoms. The van der Waals surface area contributed by atoms with Crippen LogP contribution in [0.1, 0.15) is 19.8 Å². The van der Waals surface area contributed by atoms with Crippen molar-refractivity contribution in [2.75, 3.05) is 47.1 Å². The Bertz CT molecular complexity index is 1160. The minimum Gasteiger partial charge on any atom is -0.497 e. The van der Waals surface area contributed by atoms with Crippen molar-refractivity contribution in [1.29, 1.82) is 0 Å². The highest BCUT2D eigenvalue weighted by Gasteiger charge is 2.41. The number of likely N-dealkylation sites (tertiary alicyclic amines) is 1. The number of hydroxylamine groups is 1. The van der Waals surface area contributed by atoms with E-state index in [9.17, 15) is 23.2 Å². The zero-order valence-corrected chi connectivity index (χ0v) is 22.6. The molecule has 2 aromatic carbocycles. The van der Waals surface area contributed by atoms with E-state index in [1.165, 1.54) is 24.1 Å². The first-order valence-electron chi connectivity index (χ1n) is 12.4. The van der Waals surface area contributed by atoms with E-state index in [4.69, 9.17) is 14.2 Å². The second-order valence-corrected chi connectivity index (χ2v) is 10.7. The van der Waals surface area contributed by atoms with Crippen LogP contribution in [0.5, 0.6) is 5.75 Å². The molecule has 0 aromatic heterocycles. The number of carbonyl (C=O) groups excluding carboxylic acids is 2. The number of hydrogen-bond donors (Lipinski definition) is 2. The predicted octanol–water partition coefficient (Wildman–Crippen LogP) is 2.74. The van der Waals surface area contributed by atoms with Gasteiger partial charge >= 0.3 is 6.09 Å². The van der Waals surface area contributed by atoms with Crippen LogP contribution in [0.3, 0.4) is 0 Å². The van der Waals surface area contributed by atoms with Crippen LogP contribution in [0.2, 0.25) is 0 Å². The number of benzene rings is 2. The van der Waals surface area contributed by atoms with Crippen molar-refractivity contribution in [2.45, 2.75) is 30.7 Å². The van der Waals surface area contributed by atoms with Gasteiger partial charge in [0.2, 0.25) is 10.0 Å². The van der Waals surface area contributed by atoms with Gasteiger partial charge in [0.1, 0.15) is 18.4 Å². The third kappa shape index (κ3) is 6.81. The topological polar surface area (TPSA) is 135 Å². The molecule has 208 valence electrons. The number of nitrogens with one attached hydrogen (secondary N) is 1. The highest BCUT2D eigenvalue weighted by atomic mass is 32.2. The van der Waals surface area contributed by atoms with Gasteiger partial charge in [-0.3, -0.25) is 10.0 Å². The monoisotopic (exact) mass is 549 g/mol. The van der Waals surface area contributed by atoms with Crippen molar-refractivity contribution in [3.8, 4) is 16.9 Å². The Morgan fingerprint density at radius 2 is 1.61 bits per heavy atom. The first-order chi connectivity index (χ1) is 18.3. The van der Waals surface area contributed by atoms with Gasteiger partial charge in [-0.2, -0.15) is 4.31 Å². The number of hydrogen-bond acceptors (Lipinski definition) is 8. The summed E-state index contributed by atoms with van der Waals surface area (Å²) in [4.78, 5) is 26.6. The highest BCUT2D eigenvalue weighted by molar-refractivity contribution is 7.89. The van der Waals surface area contributed by atoms with Crippen molar-refractivity contribution < 1.29 is 37.4 Å². The molecule has 0 bridgehead atoms. The van der Waals surface area contributed by atoms with Gasteiger partial charge < -0.3 is 19.1 Å². The molecule has 11 nitrogen and oxygen atoms in total. The van der Waals surface area contributed by atoms with Gasteiger partial charge in [-0.25, -0.2) is 18.7 Å². The number of nitrogens with zero attached hydrogens (tertiary/aromatic N) is 2.